The van der Waals surface area contributed by atoms with Gasteiger partial charge in [-0.25, -0.2) is 9.97 Å². The molecule has 2 rings (SSSR count). The van der Waals surface area contributed by atoms with Gasteiger partial charge in [-0.15, -0.1) is 0 Å². The fraction of sp³-hybridized carbons (Fsp3) is 0.154. The van der Waals surface area contributed by atoms with Crippen molar-refractivity contribution >= 4 is 33.3 Å². The molecule has 0 radical (unpaired) electrons. The predicted octanol–water partition coefficient (Wildman–Crippen LogP) is 3.20. The summed E-state index contributed by atoms with van der Waals surface area (Å²) in [7, 11) is 1.82. The summed E-state index contributed by atoms with van der Waals surface area (Å²) in [4.78, 5) is 8.35. The molecule has 96 valence electrons. The summed E-state index contributed by atoms with van der Waals surface area (Å²) in [6.07, 6.45) is 1.50. The zero-order chi connectivity index (χ0) is 13.8. The van der Waals surface area contributed by atoms with Gasteiger partial charge in [0.2, 0.25) is 0 Å². The molecule has 0 saturated heterocycles. The van der Waals surface area contributed by atoms with Crippen molar-refractivity contribution in [2.75, 3.05) is 17.7 Å². The average molecular weight is 318 g/mol. The SMILES string of the molecule is CNc1ncnc(Nc2ccc(C#N)cc2Br)c1C. The molecule has 2 aromatic rings. The monoisotopic (exact) mass is 317 g/mol. The molecule has 1 aromatic heterocycles. The minimum atomic E-state index is 0.604. The minimum absolute atomic E-state index is 0.604. The largest absolute Gasteiger partial charge is 0.373 e. The van der Waals surface area contributed by atoms with Crippen LogP contribution < -0.4 is 10.6 Å². The minimum Gasteiger partial charge on any atom is -0.373 e. The lowest BCUT2D eigenvalue weighted by Gasteiger charge is -2.12. The second-order valence-electron chi connectivity index (χ2n) is 3.88. The Kier molecular flexibility index (Phi) is 3.97. The van der Waals surface area contributed by atoms with Crippen LogP contribution in [0, 0.1) is 18.3 Å². The van der Waals surface area contributed by atoms with E-state index in [4.69, 9.17) is 5.26 Å². The molecular weight excluding hydrogens is 306 g/mol. The number of hydrogen-bond donors (Lipinski definition) is 2. The highest BCUT2D eigenvalue weighted by Crippen LogP contribution is 2.28. The van der Waals surface area contributed by atoms with Crippen LogP contribution in [0.1, 0.15) is 11.1 Å². The molecule has 0 atom stereocenters. The third-order valence-electron chi connectivity index (χ3n) is 2.67. The first kappa shape index (κ1) is 13.3. The Hall–Kier alpha value is -2.13. The molecule has 0 saturated carbocycles. The lowest BCUT2D eigenvalue weighted by Crippen LogP contribution is -2.02. The third-order valence-corrected chi connectivity index (χ3v) is 3.33. The molecule has 0 spiro atoms. The van der Waals surface area contributed by atoms with Crippen LogP contribution in [0.5, 0.6) is 0 Å². The maximum Gasteiger partial charge on any atom is 0.138 e. The fourth-order valence-corrected chi connectivity index (χ4v) is 2.12. The van der Waals surface area contributed by atoms with E-state index in [2.05, 4.69) is 42.6 Å². The molecule has 1 heterocycles. The Balaban J connectivity index is 2.34. The summed E-state index contributed by atoms with van der Waals surface area (Å²) in [5.74, 6) is 1.51. The van der Waals surface area contributed by atoms with Crippen LogP contribution in [0.4, 0.5) is 17.3 Å². The van der Waals surface area contributed by atoms with E-state index in [9.17, 15) is 0 Å². The second kappa shape index (κ2) is 5.67. The van der Waals surface area contributed by atoms with Gasteiger partial charge >= 0.3 is 0 Å². The van der Waals surface area contributed by atoms with E-state index in [0.29, 0.717) is 5.56 Å². The summed E-state index contributed by atoms with van der Waals surface area (Å²) in [6.45, 7) is 1.94. The third kappa shape index (κ3) is 2.83. The summed E-state index contributed by atoms with van der Waals surface area (Å²) in [5, 5.41) is 15.1. The van der Waals surface area contributed by atoms with Crippen molar-refractivity contribution < 1.29 is 0 Å². The van der Waals surface area contributed by atoms with Crippen molar-refractivity contribution in [1.29, 1.82) is 5.26 Å². The molecule has 0 amide bonds. The van der Waals surface area contributed by atoms with Gasteiger partial charge in [0, 0.05) is 17.1 Å². The van der Waals surface area contributed by atoms with E-state index in [-0.39, 0.29) is 0 Å². The van der Waals surface area contributed by atoms with Gasteiger partial charge in [0.15, 0.2) is 0 Å². The second-order valence-corrected chi connectivity index (χ2v) is 4.73. The van der Waals surface area contributed by atoms with E-state index in [1.807, 2.05) is 20.0 Å². The molecule has 0 aliphatic carbocycles. The Labute approximate surface area is 119 Å². The van der Waals surface area contributed by atoms with Crippen LogP contribution in [-0.4, -0.2) is 17.0 Å². The maximum atomic E-state index is 8.83. The maximum absolute atomic E-state index is 8.83. The van der Waals surface area contributed by atoms with Gasteiger partial charge in [0.05, 0.1) is 17.3 Å². The van der Waals surface area contributed by atoms with Crippen LogP contribution in [0.25, 0.3) is 0 Å². The molecule has 5 nitrogen and oxygen atoms in total. The van der Waals surface area contributed by atoms with E-state index < -0.39 is 0 Å². The topological polar surface area (TPSA) is 73.6 Å². The van der Waals surface area contributed by atoms with Crippen LogP contribution in [0.3, 0.4) is 0 Å². The first-order chi connectivity index (χ1) is 9.15. The van der Waals surface area contributed by atoms with E-state index in [0.717, 1.165) is 27.4 Å². The Morgan fingerprint density at radius 1 is 1.26 bits per heavy atom. The number of nitriles is 1. The van der Waals surface area contributed by atoms with Crippen molar-refractivity contribution in [2.24, 2.45) is 0 Å². The van der Waals surface area contributed by atoms with Crippen molar-refractivity contribution in [2.45, 2.75) is 6.92 Å². The molecule has 6 heteroatoms. The first-order valence-electron chi connectivity index (χ1n) is 5.61. The molecule has 1 aromatic carbocycles. The number of nitrogens with one attached hydrogen (secondary N) is 2. The van der Waals surface area contributed by atoms with Gasteiger partial charge in [0.25, 0.3) is 0 Å². The smallest absolute Gasteiger partial charge is 0.138 e. The van der Waals surface area contributed by atoms with E-state index in [1.165, 1.54) is 6.33 Å². The van der Waals surface area contributed by atoms with Crippen molar-refractivity contribution in [3.05, 3.63) is 40.1 Å². The van der Waals surface area contributed by atoms with Crippen LogP contribution in [0.2, 0.25) is 0 Å². The number of aromatic nitrogens is 2. The standard InChI is InChI=1S/C13H12BrN5/c1-8-12(16-2)17-7-18-13(8)19-11-4-3-9(6-15)5-10(11)14/h3-5,7H,1-2H3,(H2,16,17,18,19). The average Bonchev–Trinajstić information content (AvgIpc) is 2.43. The quantitative estimate of drug-likeness (QED) is 0.909. The number of nitrogens with zero attached hydrogens (tertiary/aromatic N) is 3. The number of hydrogen-bond acceptors (Lipinski definition) is 5. The van der Waals surface area contributed by atoms with Gasteiger partial charge in [-0.05, 0) is 41.1 Å². The molecule has 0 aliphatic rings. The summed E-state index contributed by atoms with van der Waals surface area (Å²) >= 11 is 3.43. The molecule has 0 bridgehead atoms. The molecule has 19 heavy (non-hydrogen) atoms. The van der Waals surface area contributed by atoms with Crippen molar-refractivity contribution in [1.82, 2.24) is 9.97 Å². The summed E-state index contributed by atoms with van der Waals surface area (Å²) < 4.78 is 0.815. The Morgan fingerprint density at radius 3 is 2.63 bits per heavy atom. The first-order valence-corrected chi connectivity index (χ1v) is 6.41. The highest BCUT2D eigenvalue weighted by molar-refractivity contribution is 9.10. The number of rotatable bonds is 3. The van der Waals surface area contributed by atoms with Gasteiger partial charge in [-0.1, -0.05) is 0 Å². The molecule has 2 N–H and O–H groups in total. The predicted molar refractivity (Wildman–Crippen MR) is 78.5 cm³/mol. The Bertz CT molecular complexity index is 648. The van der Waals surface area contributed by atoms with Crippen LogP contribution in [-0.2, 0) is 0 Å². The van der Waals surface area contributed by atoms with Gasteiger partial charge < -0.3 is 10.6 Å². The normalized spacial score (nSPS) is 9.79. The van der Waals surface area contributed by atoms with Crippen LogP contribution in [0.15, 0.2) is 29.0 Å². The zero-order valence-corrected chi connectivity index (χ0v) is 12.1. The van der Waals surface area contributed by atoms with E-state index in [1.54, 1.807) is 12.1 Å². The van der Waals surface area contributed by atoms with Gasteiger partial charge in [-0.2, -0.15) is 5.26 Å². The molecule has 0 unspecified atom stereocenters. The Morgan fingerprint density at radius 2 is 2.00 bits per heavy atom. The summed E-state index contributed by atoms with van der Waals surface area (Å²) in [6, 6.07) is 7.45. The number of anilines is 3. The summed E-state index contributed by atoms with van der Waals surface area (Å²) in [5.41, 5.74) is 2.39. The van der Waals surface area contributed by atoms with E-state index >= 15 is 0 Å². The zero-order valence-electron chi connectivity index (χ0n) is 10.5. The number of halogens is 1. The molecule has 0 aliphatic heterocycles. The van der Waals surface area contributed by atoms with Crippen molar-refractivity contribution in [3.63, 3.8) is 0 Å². The number of benzene rings is 1. The van der Waals surface area contributed by atoms with Crippen LogP contribution >= 0.6 is 15.9 Å². The lowest BCUT2D eigenvalue weighted by atomic mass is 10.2. The lowest BCUT2D eigenvalue weighted by molar-refractivity contribution is 1.12. The highest BCUT2D eigenvalue weighted by Gasteiger charge is 2.08. The van der Waals surface area contributed by atoms with Gasteiger partial charge in [0.1, 0.15) is 18.0 Å². The molecule has 0 fully saturated rings. The molecular formula is C13H12BrN5. The van der Waals surface area contributed by atoms with Crippen molar-refractivity contribution in [3.8, 4) is 6.07 Å². The fourth-order valence-electron chi connectivity index (χ4n) is 1.64. The highest BCUT2D eigenvalue weighted by atomic mass is 79.9. The van der Waals surface area contributed by atoms with Gasteiger partial charge in [-0.3, -0.25) is 0 Å².